The average Bonchev–Trinajstić information content (AvgIpc) is 1.88. The van der Waals surface area contributed by atoms with Gasteiger partial charge in [-0.1, -0.05) is 6.92 Å². The van der Waals surface area contributed by atoms with Gasteiger partial charge in [-0.3, -0.25) is 4.79 Å². The number of amides is 1. The Balaban J connectivity index is 3.93. The summed E-state index contributed by atoms with van der Waals surface area (Å²) in [7, 11) is 0. The highest BCUT2D eigenvalue weighted by Crippen LogP contribution is 1.99. The van der Waals surface area contributed by atoms with Crippen LogP contribution >= 0.6 is 0 Å². The van der Waals surface area contributed by atoms with Crippen LogP contribution in [-0.2, 0) is 4.79 Å². The molecular weight excluding hydrogens is 126 g/mol. The first-order chi connectivity index (χ1) is 4.63. The molecule has 0 saturated heterocycles. The van der Waals surface area contributed by atoms with Crippen molar-refractivity contribution in [3.05, 3.63) is 6.92 Å². The van der Waals surface area contributed by atoms with Crippen LogP contribution in [0.15, 0.2) is 0 Å². The van der Waals surface area contributed by atoms with Crippen molar-refractivity contribution in [1.29, 1.82) is 0 Å². The summed E-state index contributed by atoms with van der Waals surface area (Å²) in [6, 6.07) is 0.0949. The third-order valence-electron chi connectivity index (χ3n) is 1.50. The van der Waals surface area contributed by atoms with Crippen molar-refractivity contribution in [2.24, 2.45) is 0 Å². The zero-order chi connectivity index (χ0) is 8.15. The van der Waals surface area contributed by atoms with Gasteiger partial charge in [0.1, 0.15) is 0 Å². The predicted molar refractivity (Wildman–Crippen MR) is 42.5 cm³/mol. The van der Waals surface area contributed by atoms with Gasteiger partial charge in [0.2, 0.25) is 5.91 Å². The molecule has 0 rings (SSSR count). The first kappa shape index (κ1) is 9.47. The maximum Gasteiger partial charge on any atom is 0.222 e. The van der Waals surface area contributed by atoms with Gasteiger partial charge in [-0.05, 0) is 20.8 Å². The van der Waals surface area contributed by atoms with Gasteiger partial charge in [-0.25, -0.2) is 0 Å². The molecule has 0 bridgehead atoms. The minimum atomic E-state index is 0.0949. The third kappa shape index (κ3) is 2.38. The molecule has 0 heterocycles. The fourth-order valence-electron chi connectivity index (χ4n) is 0.937. The quantitative estimate of drug-likeness (QED) is 0.584. The standard InChI is InChI=1S/C8H16NO/c1-5-8(10)9(6-2)7(3)4/h7H,3,5-6H2,1-2,4H3. The highest BCUT2D eigenvalue weighted by molar-refractivity contribution is 5.76. The highest BCUT2D eigenvalue weighted by Gasteiger charge is 2.11. The smallest absolute Gasteiger partial charge is 0.222 e. The molecule has 10 heavy (non-hydrogen) atoms. The lowest BCUT2D eigenvalue weighted by atomic mass is 10.3. The van der Waals surface area contributed by atoms with Crippen molar-refractivity contribution < 1.29 is 4.79 Å². The molecule has 0 saturated carbocycles. The lowest BCUT2D eigenvalue weighted by molar-refractivity contribution is -0.131. The second-order valence-corrected chi connectivity index (χ2v) is 2.38. The summed E-state index contributed by atoms with van der Waals surface area (Å²) in [6.45, 7) is 10.3. The second-order valence-electron chi connectivity index (χ2n) is 2.38. The maximum atomic E-state index is 11.1. The number of hydrogen-bond acceptors (Lipinski definition) is 1. The topological polar surface area (TPSA) is 20.3 Å². The van der Waals surface area contributed by atoms with Crippen molar-refractivity contribution in [3.8, 4) is 0 Å². The van der Waals surface area contributed by atoms with E-state index >= 15 is 0 Å². The summed E-state index contributed by atoms with van der Waals surface area (Å²) in [5, 5.41) is 0. The van der Waals surface area contributed by atoms with E-state index in [0.717, 1.165) is 6.54 Å². The highest BCUT2D eigenvalue weighted by atomic mass is 16.2. The van der Waals surface area contributed by atoms with Gasteiger partial charge in [0.05, 0.1) is 0 Å². The summed E-state index contributed by atoms with van der Waals surface area (Å²) in [4.78, 5) is 12.8. The minimum absolute atomic E-state index is 0.0949. The van der Waals surface area contributed by atoms with Crippen molar-refractivity contribution in [2.45, 2.75) is 33.2 Å². The zero-order valence-electron chi connectivity index (χ0n) is 7.05. The van der Waals surface area contributed by atoms with Gasteiger partial charge in [-0.15, -0.1) is 0 Å². The average molecular weight is 142 g/mol. The van der Waals surface area contributed by atoms with Crippen LogP contribution in [0, 0.1) is 6.92 Å². The molecular formula is C8H16NO. The van der Waals surface area contributed by atoms with Crippen LogP contribution < -0.4 is 0 Å². The van der Waals surface area contributed by atoms with E-state index < -0.39 is 0 Å². The van der Waals surface area contributed by atoms with E-state index in [1.54, 1.807) is 4.90 Å². The first-order valence-electron chi connectivity index (χ1n) is 3.76. The van der Waals surface area contributed by atoms with E-state index in [-0.39, 0.29) is 11.9 Å². The summed E-state index contributed by atoms with van der Waals surface area (Å²) in [5.41, 5.74) is 0. The van der Waals surface area contributed by atoms with Crippen LogP contribution in [0.25, 0.3) is 0 Å². The Labute approximate surface area is 63.2 Å². The molecule has 0 aromatic rings. The first-order valence-corrected chi connectivity index (χ1v) is 3.76. The van der Waals surface area contributed by atoms with Gasteiger partial charge >= 0.3 is 0 Å². The minimum Gasteiger partial charge on any atom is -0.340 e. The molecule has 1 radical (unpaired) electrons. The van der Waals surface area contributed by atoms with Gasteiger partial charge in [0.25, 0.3) is 0 Å². The summed E-state index contributed by atoms with van der Waals surface area (Å²) >= 11 is 0. The fourth-order valence-corrected chi connectivity index (χ4v) is 0.937. The third-order valence-corrected chi connectivity index (χ3v) is 1.50. The molecule has 2 nitrogen and oxygen atoms in total. The Morgan fingerprint density at radius 1 is 1.60 bits per heavy atom. The molecule has 0 spiro atoms. The number of carbonyl (C=O) groups excluding carboxylic acids is 1. The molecule has 1 unspecified atom stereocenters. The zero-order valence-corrected chi connectivity index (χ0v) is 7.05. The van der Waals surface area contributed by atoms with Gasteiger partial charge in [0, 0.05) is 19.0 Å². The molecule has 59 valence electrons. The van der Waals surface area contributed by atoms with E-state index in [0.29, 0.717) is 6.42 Å². The molecule has 0 N–H and O–H groups in total. The Kier molecular flexibility index (Phi) is 4.08. The Morgan fingerprint density at radius 2 is 2.10 bits per heavy atom. The van der Waals surface area contributed by atoms with Gasteiger partial charge in [0.15, 0.2) is 0 Å². The fraction of sp³-hybridized carbons (Fsp3) is 0.750. The van der Waals surface area contributed by atoms with Crippen LogP contribution in [0.5, 0.6) is 0 Å². The van der Waals surface area contributed by atoms with Crippen molar-refractivity contribution in [3.63, 3.8) is 0 Å². The van der Waals surface area contributed by atoms with E-state index in [4.69, 9.17) is 0 Å². The van der Waals surface area contributed by atoms with E-state index in [1.165, 1.54) is 0 Å². The van der Waals surface area contributed by atoms with Crippen molar-refractivity contribution in [1.82, 2.24) is 4.90 Å². The van der Waals surface area contributed by atoms with Gasteiger partial charge in [-0.2, -0.15) is 0 Å². The molecule has 0 aliphatic rings. The van der Waals surface area contributed by atoms with Crippen LogP contribution in [0.4, 0.5) is 0 Å². The molecule has 0 fully saturated rings. The lowest BCUT2D eigenvalue weighted by Gasteiger charge is -2.24. The summed E-state index contributed by atoms with van der Waals surface area (Å²) < 4.78 is 0. The number of hydrogen-bond donors (Lipinski definition) is 0. The number of nitrogens with zero attached hydrogens (tertiary/aromatic N) is 1. The lowest BCUT2D eigenvalue weighted by Crippen LogP contribution is -2.36. The largest absolute Gasteiger partial charge is 0.340 e. The van der Waals surface area contributed by atoms with Crippen molar-refractivity contribution >= 4 is 5.91 Å². The van der Waals surface area contributed by atoms with E-state index in [2.05, 4.69) is 6.92 Å². The SMILES string of the molecule is [CH2]C(C)N(CC)C(=O)CC. The van der Waals surface area contributed by atoms with Gasteiger partial charge < -0.3 is 4.90 Å². The summed E-state index contributed by atoms with van der Waals surface area (Å²) in [6.07, 6.45) is 0.577. The van der Waals surface area contributed by atoms with Crippen LogP contribution in [0.1, 0.15) is 27.2 Å². The van der Waals surface area contributed by atoms with E-state index in [1.807, 2.05) is 20.8 Å². The Morgan fingerprint density at radius 3 is 2.20 bits per heavy atom. The van der Waals surface area contributed by atoms with Crippen LogP contribution in [-0.4, -0.2) is 23.4 Å². The molecule has 0 aliphatic carbocycles. The molecule has 0 aliphatic heterocycles. The molecule has 0 aromatic heterocycles. The number of rotatable bonds is 3. The molecule has 1 amide bonds. The Hall–Kier alpha value is -0.530. The summed E-state index contributed by atoms with van der Waals surface area (Å²) in [5.74, 6) is 0.185. The second kappa shape index (κ2) is 4.31. The Bertz CT molecular complexity index is 110. The van der Waals surface area contributed by atoms with Crippen LogP contribution in [0.3, 0.4) is 0 Å². The monoisotopic (exact) mass is 142 g/mol. The van der Waals surface area contributed by atoms with Crippen molar-refractivity contribution in [2.75, 3.05) is 6.54 Å². The molecule has 0 aromatic carbocycles. The predicted octanol–water partition coefficient (Wildman–Crippen LogP) is 1.47. The number of carbonyl (C=O) groups is 1. The maximum absolute atomic E-state index is 11.1. The van der Waals surface area contributed by atoms with Crippen LogP contribution in [0.2, 0.25) is 0 Å². The molecule has 2 heteroatoms. The molecule has 1 atom stereocenters. The normalized spacial score (nSPS) is 10.1. The van der Waals surface area contributed by atoms with E-state index in [9.17, 15) is 4.79 Å².